The average molecular weight is 375 g/mol. The van der Waals surface area contributed by atoms with E-state index in [9.17, 15) is 13.9 Å². The number of aryl methyl sites for hydroxylation is 2. The van der Waals surface area contributed by atoms with Crippen LogP contribution in [0.1, 0.15) is 42.0 Å². The minimum Gasteiger partial charge on any atom is -0.388 e. The van der Waals surface area contributed by atoms with E-state index < -0.39 is 23.3 Å². The number of nitrogens with zero attached hydrogens (tertiary/aromatic N) is 1. The third kappa shape index (κ3) is 3.21. The van der Waals surface area contributed by atoms with Gasteiger partial charge in [0.05, 0.1) is 16.3 Å². The predicted octanol–water partition coefficient (Wildman–Crippen LogP) is 3.63. The van der Waals surface area contributed by atoms with Crippen molar-refractivity contribution in [1.29, 1.82) is 0 Å². The zero-order chi connectivity index (χ0) is 16.7. The van der Waals surface area contributed by atoms with Gasteiger partial charge < -0.3 is 15.4 Å². The van der Waals surface area contributed by atoms with Crippen LogP contribution in [0.4, 0.5) is 8.78 Å². The van der Waals surface area contributed by atoms with Crippen molar-refractivity contribution in [3.05, 3.63) is 50.8 Å². The fraction of sp³-hybridized carbons (Fsp3) is 0.400. The van der Waals surface area contributed by atoms with Crippen LogP contribution in [0.3, 0.4) is 0 Å². The Morgan fingerprint density at radius 2 is 2.00 bits per heavy atom. The largest absolute Gasteiger partial charge is 0.388 e. The molecule has 0 amide bonds. The molecule has 22 heavy (non-hydrogen) atoms. The van der Waals surface area contributed by atoms with Crippen molar-refractivity contribution < 1.29 is 18.4 Å². The first-order chi connectivity index (χ1) is 10.1. The van der Waals surface area contributed by atoms with Crippen molar-refractivity contribution in [2.75, 3.05) is 0 Å². The summed E-state index contributed by atoms with van der Waals surface area (Å²) in [5, 5.41) is 14.2. The zero-order valence-electron chi connectivity index (χ0n) is 12.5. The molecule has 7 heteroatoms. The van der Waals surface area contributed by atoms with Gasteiger partial charge in [-0.05, 0) is 49.2 Å². The minimum atomic E-state index is -1.20. The van der Waals surface area contributed by atoms with Crippen molar-refractivity contribution in [2.45, 2.75) is 38.8 Å². The van der Waals surface area contributed by atoms with Crippen LogP contribution >= 0.6 is 15.9 Å². The van der Waals surface area contributed by atoms with Crippen LogP contribution in [-0.2, 0) is 5.54 Å². The predicted molar refractivity (Wildman–Crippen MR) is 81.2 cm³/mol. The van der Waals surface area contributed by atoms with Crippen LogP contribution in [0.25, 0.3) is 0 Å². The molecule has 4 nitrogen and oxygen atoms in total. The highest BCUT2D eigenvalue weighted by Gasteiger charge is 2.31. The maximum atomic E-state index is 14.0. The van der Waals surface area contributed by atoms with Gasteiger partial charge in [-0.1, -0.05) is 5.16 Å². The third-order valence-corrected chi connectivity index (χ3v) is 4.27. The van der Waals surface area contributed by atoms with Gasteiger partial charge in [-0.25, -0.2) is 8.78 Å². The highest BCUT2D eigenvalue weighted by molar-refractivity contribution is 9.10. The van der Waals surface area contributed by atoms with E-state index in [-0.39, 0.29) is 16.5 Å². The second-order valence-electron chi connectivity index (χ2n) is 5.62. The Bertz CT molecular complexity index is 682. The molecule has 0 aliphatic rings. The molecule has 0 aliphatic heterocycles. The van der Waals surface area contributed by atoms with E-state index >= 15 is 0 Å². The van der Waals surface area contributed by atoms with Gasteiger partial charge in [0.2, 0.25) is 0 Å². The average Bonchev–Trinajstić information content (AvgIpc) is 2.72. The van der Waals surface area contributed by atoms with Gasteiger partial charge in [0.25, 0.3) is 0 Å². The van der Waals surface area contributed by atoms with E-state index in [1.165, 1.54) is 6.07 Å². The molecule has 0 bridgehead atoms. The third-order valence-electron chi connectivity index (χ3n) is 3.66. The number of aliphatic hydroxyl groups is 1. The van der Waals surface area contributed by atoms with Crippen LogP contribution in [0, 0.1) is 25.5 Å². The summed E-state index contributed by atoms with van der Waals surface area (Å²) in [7, 11) is 0. The van der Waals surface area contributed by atoms with Crippen molar-refractivity contribution in [3.63, 3.8) is 0 Å². The van der Waals surface area contributed by atoms with Crippen molar-refractivity contribution in [2.24, 2.45) is 5.73 Å². The molecule has 0 aliphatic carbocycles. The van der Waals surface area contributed by atoms with Gasteiger partial charge in [0.1, 0.15) is 17.4 Å². The fourth-order valence-electron chi connectivity index (χ4n) is 2.54. The summed E-state index contributed by atoms with van der Waals surface area (Å²) in [4.78, 5) is 0. The quantitative estimate of drug-likeness (QED) is 0.801. The lowest BCUT2D eigenvalue weighted by Crippen LogP contribution is -2.36. The summed E-state index contributed by atoms with van der Waals surface area (Å²) < 4.78 is 32.5. The standard InChI is InChI=1S/C15H17BrF2N2O2/c1-7-14(8(2)22-20-7)13(21)6-15(3,19)9-4-10(16)12(18)5-11(9)17/h4-5,13,21H,6,19H2,1-3H3. The van der Waals surface area contributed by atoms with E-state index in [0.717, 1.165) is 6.07 Å². The molecular weight excluding hydrogens is 358 g/mol. The van der Waals surface area contributed by atoms with Crippen LogP contribution < -0.4 is 5.73 Å². The maximum absolute atomic E-state index is 14.0. The summed E-state index contributed by atoms with van der Waals surface area (Å²) in [5.41, 5.74) is 6.19. The molecule has 120 valence electrons. The van der Waals surface area contributed by atoms with Crippen LogP contribution in [0.2, 0.25) is 0 Å². The van der Waals surface area contributed by atoms with Gasteiger partial charge >= 0.3 is 0 Å². The monoisotopic (exact) mass is 374 g/mol. The lowest BCUT2D eigenvalue weighted by atomic mass is 9.85. The first-order valence-electron chi connectivity index (χ1n) is 6.68. The highest BCUT2D eigenvalue weighted by Crippen LogP contribution is 2.35. The lowest BCUT2D eigenvalue weighted by molar-refractivity contribution is 0.134. The second-order valence-corrected chi connectivity index (χ2v) is 6.48. The molecule has 2 atom stereocenters. The summed E-state index contributed by atoms with van der Waals surface area (Å²) >= 11 is 3.02. The Hall–Kier alpha value is -1.31. The molecule has 2 unspecified atom stereocenters. The summed E-state index contributed by atoms with van der Waals surface area (Å²) in [6, 6.07) is 2.07. The molecule has 0 saturated carbocycles. The molecule has 2 aromatic rings. The number of rotatable bonds is 4. The van der Waals surface area contributed by atoms with Crippen LogP contribution in [-0.4, -0.2) is 10.3 Å². The molecule has 1 aromatic carbocycles. The second kappa shape index (κ2) is 6.06. The lowest BCUT2D eigenvalue weighted by Gasteiger charge is -2.28. The Kier molecular flexibility index (Phi) is 4.70. The van der Waals surface area contributed by atoms with Gasteiger partial charge in [-0.2, -0.15) is 0 Å². The molecule has 2 rings (SSSR count). The maximum Gasteiger partial charge on any atom is 0.140 e. The Morgan fingerprint density at radius 3 is 2.55 bits per heavy atom. The van der Waals surface area contributed by atoms with Gasteiger partial charge in [-0.3, -0.25) is 0 Å². The van der Waals surface area contributed by atoms with Gasteiger partial charge in [0, 0.05) is 22.7 Å². The first-order valence-corrected chi connectivity index (χ1v) is 7.47. The van der Waals surface area contributed by atoms with Gasteiger partial charge in [-0.15, -0.1) is 0 Å². The summed E-state index contributed by atoms with van der Waals surface area (Å²) in [6.07, 6.45) is -0.935. The van der Waals surface area contributed by atoms with Crippen LogP contribution in [0.5, 0.6) is 0 Å². The minimum absolute atomic E-state index is 0.0326. The number of aliphatic hydroxyl groups excluding tert-OH is 1. The van der Waals surface area contributed by atoms with Crippen molar-refractivity contribution in [3.8, 4) is 0 Å². The van der Waals surface area contributed by atoms with E-state index in [4.69, 9.17) is 10.3 Å². The van der Waals surface area contributed by atoms with E-state index in [0.29, 0.717) is 17.0 Å². The molecule has 0 saturated heterocycles. The highest BCUT2D eigenvalue weighted by atomic mass is 79.9. The SMILES string of the molecule is Cc1noc(C)c1C(O)CC(C)(N)c1cc(Br)c(F)cc1F. The number of nitrogens with two attached hydrogens (primary N) is 1. The molecule has 0 radical (unpaired) electrons. The van der Waals surface area contributed by atoms with E-state index in [1.54, 1.807) is 20.8 Å². The molecule has 1 aromatic heterocycles. The summed E-state index contributed by atoms with van der Waals surface area (Å²) in [5.74, 6) is -0.971. The van der Waals surface area contributed by atoms with Crippen LogP contribution in [0.15, 0.2) is 21.1 Å². The summed E-state index contributed by atoms with van der Waals surface area (Å²) in [6.45, 7) is 4.97. The number of halogens is 3. The Labute approximate surface area is 135 Å². The van der Waals surface area contributed by atoms with E-state index in [1.807, 2.05) is 0 Å². The molecule has 0 spiro atoms. The number of benzene rings is 1. The smallest absolute Gasteiger partial charge is 0.140 e. The topological polar surface area (TPSA) is 72.3 Å². The normalized spacial score (nSPS) is 15.6. The Balaban J connectivity index is 2.33. The van der Waals surface area contributed by atoms with Crippen molar-refractivity contribution >= 4 is 15.9 Å². The number of aromatic nitrogens is 1. The first kappa shape index (κ1) is 17.1. The number of hydrogen-bond acceptors (Lipinski definition) is 4. The van der Waals surface area contributed by atoms with E-state index in [2.05, 4.69) is 21.1 Å². The van der Waals surface area contributed by atoms with Crippen molar-refractivity contribution in [1.82, 2.24) is 5.16 Å². The fourth-order valence-corrected chi connectivity index (χ4v) is 2.88. The zero-order valence-corrected chi connectivity index (χ0v) is 14.0. The van der Waals surface area contributed by atoms with Gasteiger partial charge in [0.15, 0.2) is 0 Å². The molecule has 3 N–H and O–H groups in total. The molecule has 1 heterocycles. The number of hydrogen-bond donors (Lipinski definition) is 2. The Morgan fingerprint density at radius 1 is 1.36 bits per heavy atom. The molecular formula is C15H17BrF2N2O2. The molecule has 0 fully saturated rings.